The summed E-state index contributed by atoms with van der Waals surface area (Å²) in [5, 5.41) is 9.72. The average Bonchev–Trinajstić information content (AvgIpc) is 2.71. The highest BCUT2D eigenvalue weighted by atomic mass is 79.9. The van der Waals surface area contributed by atoms with Crippen molar-refractivity contribution in [1.29, 1.82) is 5.26 Å². The summed E-state index contributed by atoms with van der Waals surface area (Å²) in [6, 6.07) is 17.8. The molecule has 3 unspecified atom stereocenters. The summed E-state index contributed by atoms with van der Waals surface area (Å²) >= 11 is 3.33. The van der Waals surface area contributed by atoms with Gasteiger partial charge in [0.05, 0.1) is 19.7 Å². The minimum atomic E-state index is -1.27. The third-order valence-electron chi connectivity index (χ3n) is 4.82. The number of piperidine rings is 1. The quantitative estimate of drug-likeness (QED) is 0.414. The van der Waals surface area contributed by atoms with Gasteiger partial charge in [-0.2, -0.15) is 5.26 Å². The lowest BCUT2D eigenvalue weighted by atomic mass is 9.73. The normalized spacial score (nSPS) is 21.9. The highest BCUT2D eigenvalue weighted by Crippen LogP contribution is 2.40. The van der Waals surface area contributed by atoms with Crippen LogP contribution in [0.15, 0.2) is 59.1 Å². The maximum Gasteiger partial charge on any atom is 0.318 e. The van der Waals surface area contributed by atoms with E-state index in [4.69, 9.17) is 4.74 Å². The summed E-state index contributed by atoms with van der Waals surface area (Å²) in [5.74, 6) is -5.37. The highest BCUT2D eigenvalue weighted by molar-refractivity contribution is 9.10. The lowest BCUT2D eigenvalue weighted by molar-refractivity contribution is -0.164. The molecule has 2 amide bonds. The van der Waals surface area contributed by atoms with Gasteiger partial charge in [0.1, 0.15) is 11.8 Å². The molecule has 1 aliphatic rings. The van der Waals surface area contributed by atoms with Crippen LogP contribution in [0.4, 0.5) is 0 Å². The van der Waals surface area contributed by atoms with Crippen LogP contribution < -0.4 is 0 Å². The number of ether oxygens (including phenoxy) is 1. The van der Waals surface area contributed by atoms with E-state index in [0.29, 0.717) is 5.56 Å². The first-order valence-corrected chi connectivity index (χ1v) is 9.39. The van der Waals surface area contributed by atoms with Gasteiger partial charge in [0, 0.05) is 10.4 Å². The van der Waals surface area contributed by atoms with Gasteiger partial charge in [-0.1, -0.05) is 58.4 Å². The number of halogens is 1. The molecule has 1 aliphatic heterocycles. The lowest BCUT2D eigenvalue weighted by Gasteiger charge is -2.38. The Morgan fingerprint density at radius 1 is 1.11 bits per heavy atom. The first kappa shape index (κ1) is 19.8. The van der Waals surface area contributed by atoms with Crippen molar-refractivity contribution in [3.05, 3.63) is 70.2 Å². The number of rotatable bonds is 4. The molecule has 0 bridgehead atoms. The first-order valence-electron chi connectivity index (χ1n) is 8.60. The van der Waals surface area contributed by atoms with Crippen LogP contribution in [0, 0.1) is 23.2 Å². The van der Waals surface area contributed by atoms with E-state index < -0.39 is 35.5 Å². The van der Waals surface area contributed by atoms with Crippen LogP contribution in [-0.4, -0.2) is 29.8 Å². The van der Waals surface area contributed by atoms with E-state index in [2.05, 4.69) is 15.9 Å². The molecule has 7 heteroatoms. The molecular formula is C21H17BrN2O4. The van der Waals surface area contributed by atoms with Crippen molar-refractivity contribution in [1.82, 2.24) is 4.90 Å². The van der Waals surface area contributed by atoms with Gasteiger partial charge in [-0.25, -0.2) is 0 Å². The Hall–Kier alpha value is -2.98. The number of benzene rings is 2. The van der Waals surface area contributed by atoms with Gasteiger partial charge in [-0.15, -0.1) is 0 Å². The molecule has 0 N–H and O–H groups in total. The van der Waals surface area contributed by atoms with Gasteiger partial charge in [-0.05, 0) is 23.3 Å². The van der Waals surface area contributed by atoms with Crippen molar-refractivity contribution in [3.63, 3.8) is 0 Å². The number of methoxy groups -OCH3 is 1. The number of esters is 1. The van der Waals surface area contributed by atoms with E-state index in [1.165, 1.54) is 7.11 Å². The molecule has 0 radical (unpaired) electrons. The lowest BCUT2D eigenvalue weighted by Crippen LogP contribution is -2.55. The molecule has 0 spiro atoms. The summed E-state index contributed by atoms with van der Waals surface area (Å²) in [4.78, 5) is 39.6. The fraction of sp³-hybridized carbons (Fsp3) is 0.238. The molecule has 0 aliphatic carbocycles. The van der Waals surface area contributed by atoms with Gasteiger partial charge in [0.25, 0.3) is 0 Å². The molecule has 3 atom stereocenters. The predicted molar refractivity (Wildman–Crippen MR) is 103 cm³/mol. The molecule has 6 nitrogen and oxygen atoms in total. The number of hydrogen-bond donors (Lipinski definition) is 0. The van der Waals surface area contributed by atoms with Crippen molar-refractivity contribution < 1.29 is 19.1 Å². The fourth-order valence-corrected chi connectivity index (χ4v) is 3.71. The van der Waals surface area contributed by atoms with E-state index in [-0.39, 0.29) is 6.54 Å². The Balaban J connectivity index is 2.05. The molecule has 2 aromatic carbocycles. The first-order chi connectivity index (χ1) is 13.5. The number of hydrogen-bond acceptors (Lipinski definition) is 5. The van der Waals surface area contributed by atoms with Crippen LogP contribution in [0.3, 0.4) is 0 Å². The monoisotopic (exact) mass is 440 g/mol. The fourth-order valence-electron chi connectivity index (χ4n) is 3.45. The smallest absolute Gasteiger partial charge is 0.318 e. The van der Waals surface area contributed by atoms with E-state index in [9.17, 15) is 19.6 Å². The Morgan fingerprint density at radius 2 is 1.75 bits per heavy atom. The van der Waals surface area contributed by atoms with Crippen LogP contribution in [0.2, 0.25) is 0 Å². The third-order valence-corrected chi connectivity index (χ3v) is 5.34. The van der Waals surface area contributed by atoms with Gasteiger partial charge in [0.2, 0.25) is 11.8 Å². The molecule has 1 heterocycles. The van der Waals surface area contributed by atoms with Gasteiger partial charge >= 0.3 is 5.97 Å². The highest BCUT2D eigenvalue weighted by Gasteiger charge is 2.52. The number of imide groups is 1. The van der Waals surface area contributed by atoms with Crippen molar-refractivity contribution in [2.24, 2.45) is 11.8 Å². The van der Waals surface area contributed by atoms with Crippen LogP contribution >= 0.6 is 15.9 Å². The Labute approximate surface area is 170 Å². The number of amides is 2. The third kappa shape index (κ3) is 3.69. The Kier molecular flexibility index (Phi) is 5.90. The van der Waals surface area contributed by atoms with Crippen molar-refractivity contribution >= 4 is 33.7 Å². The number of nitrogens with zero attached hydrogens (tertiary/aromatic N) is 2. The molecule has 0 saturated carbocycles. The topological polar surface area (TPSA) is 87.5 Å². The van der Waals surface area contributed by atoms with Gasteiger partial charge < -0.3 is 4.74 Å². The average molecular weight is 441 g/mol. The number of carbonyl (C=O) groups excluding carboxylic acids is 3. The number of likely N-dealkylation sites (tertiary alicyclic amines) is 1. The molecule has 3 rings (SSSR count). The van der Waals surface area contributed by atoms with Crippen LogP contribution in [-0.2, 0) is 25.7 Å². The molecular weight excluding hydrogens is 424 g/mol. The zero-order valence-electron chi connectivity index (χ0n) is 15.0. The second-order valence-electron chi connectivity index (χ2n) is 6.43. The van der Waals surface area contributed by atoms with E-state index in [0.717, 1.165) is 14.9 Å². The summed E-state index contributed by atoms with van der Waals surface area (Å²) in [7, 11) is 1.19. The minimum Gasteiger partial charge on any atom is -0.468 e. The summed E-state index contributed by atoms with van der Waals surface area (Å²) in [5.41, 5.74) is 1.29. The molecule has 2 aromatic rings. The zero-order valence-corrected chi connectivity index (χ0v) is 16.6. The Morgan fingerprint density at radius 3 is 2.32 bits per heavy atom. The van der Waals surface area contributed by atoms with Crippen molar-refractivity contribution in [3.8, 4) is 6.07 Å². The SMILES string of the molecule is COC(=O)C1C(=O)N(Cc2ccccc2)C(=O)C(C#N)C1c1ccc(Br)cc1. The number of carbonyl (C=O) groups is 3. The second kappa shape index (κ2) is 8.36. The Bertz CT molecular complexity index is 937. The maximum atomic E-state index is 13.1. The zero-order chi connectivity index (χ0) is 20.3. The maximum absolute atomic E-state index is 13.1. The molecule has 1 fully saturated rings. The van der Waals surface area contributed by atoms with E-state index in [1.54, 1.807) is 48.5 Å². The van der Waals surface area contributed by atoms with Crippen molar-refractivity contribution in [2.45, 2.75) is 12.5 Å². The van der Waals surface area contributed by atoms with Crippen LogP contribution in [0.1, 0.15) is 17.0 Å². The summed E-state index contributed by atoms with van der Waals surface area (Å²) in [6.07, 6.45) is 0. The summed E-state index contributed by atoms with van der Waals surface area (Å²) in [6.45, 7) is -0.00274. The van der Waals surface area contributed by atoms with Gasteiger partial charge in [0.15, 0.2) is 0 Å². The molecule has 142 valence electrons. The van der Waals surface area contributed by atoms with Crippen LogP contribution in [0.5, 0.6) is 0 Å². The molecule has 0 aromatic heterocycles. The standard InChI is InChI=1S/C21H17BrN2O4/c1-28-21(27)18-17(14-7-9-15(22)10-8-14)16(11-23)19(25)24(20(18)26)12-13-5-3-2-4-6-13/h2-10,16-18H,12H2,1H3. The van der Waals surface area contributed by atoms with Gasteiger partial charge in [-0.3, -0.25) is 19.3 Å². The number of nitriles is 1. The second-order valence-corrected chi connectivity index (χ2v) is 7.35. The van der Waals surface area contributed by atoms with E-state index in [1.807, 2.05) is 12.1 Å². The van der Waals surface area contributed by atoms with E-state index >= 15 is 0 Å². The predicted octanol–water partition coefficient (Wildman–Crippen LogP) is 3.03. The largest absolute Gasteiger partial charge is 0.468 e. The molecule has 28 heavy (non-hydrogen) atoms. The van der Waals surface area contributed by atoms with Crippen molar-refractivity contribution in [2.75, 3.05) is 7.11 Å². The minimum absolute atomic E-state index is 0.00274. The summed E-state index contributed by atoms with van der Waals surface area (Å²) < 4.78 is 5.65. The molecule has 1 saturated heterocycles. The van der Waals surface area contributed by atoms with Crippen LogP contribution in [0.25, 0.3) is 0 Å².